The Kier molecular flexibility index (Phi) is 5.01. The van der Waals surface area contributed by atoms with E-state index >= 15 is 0 Å². The van der Waals surface area contributed by atoms with Crippen LogP contribution >= 0.6 is 0 Å². The number of aromatic nitrogens is 2. The number of carbonyl (C=O) groups excluding carboxylic acids is 1. The number of nitrogens with zero attached hydrogens (tertiary/aromatic N) is 1. The Hall–Kier alpha value is -2.42. The monoisotopic (exact) mass is 271 g/mol. The predicted molar refractivity (Wildman–Crippen MR) is 62.6 cm³/mol. The summed E-state index contributed by atoms with van der Waals surface area (Å²) in [5, 5.41) is 21.7. The molecular weight excluding hydrogens is 258 g/mol. The fourth-order valence-corrected chi connectivity index (χ4v) is 1.35. The zero-order chi connectivity index (χ0) is 14.4. The largest absolute Gasteiger partial charge is 0.480 e. The number of rotatable bonds is 6. The molecule has 1 heterocycles. The van der Waals surface area contributed by atoms with E-state index in [1.54, 1.807) is 0 Å². The second-order valence-electron chi connectivity index (χ2n) is 3.70. The van der Waals surface area contributed by atoms with Crippen molar-refractivity contribution in [1.82, 2.24) is 15.1 Å². The summed E-state index contributed by atoms with van der Waals surface area (Å²) in [6.07, 6.45) is -0.152. The quantitative estimate of drug-likeness (QED) is 0.450. The number of aliphatic carboxylic acids is 1. The number of carboxylic acid groups (broad SMARTS) is 1. The van der Waals surface area contributed by atoms with Crippen LogP contribution in [0.3, 0.4) is 0 Å². The molecule has 0 bridgehead atoms. The average molecular weight is 271 g/mol. The van der Waals surface area contributed by atoms with Gasteiger partial charge in [-0.15, -0.1) is 0 Å². The SMILES string of the molecule is O=C(Cn1[nH]c(=O)ccc1=O)NC(CCO)C(=O)O. The smallest absolute Gasteiger partial charge is 0.326 e. The van der Waals surface area contributed by atoms with Crippen LogP contribution in [-0.4, -0.2) is 44.5 Å². The number of hydrogen-bond donors (Lipinski definition) is 4. The molecule has 4 N–H and O–H groups in total. The van der Waals surface area contributed by atoms with Crippen molar-refractivity contribution in [3.8, 4) is 0 Å². The Balaban J connectivity index is 2.74. The summed E-state index contributed by atoms with van der Waals surface area (Å²) in [6.45, 7) is -0.913. The van der Waals surface area contributed by atoms with E-state index in [-0.39, 0.29) is 6.42 Å². The molecule has 0 aliphatic heterocycles. The summed E-state index contributed by atoms with van der Waals surface area (Å²) < 4.78 is 0.759. The highest BCUT2D eigenvalue weighted by Crippen LogP contribution is 1.91. The molecule has 104 valence electrons. The topological polar surface area (TPSA) is 141 Å². The summed E-state index contributed by atoms with van der Waals surface area (Å²) in [4.78, 5) is 44.6. The van der Waals surface area contributed by atoms with Crippen molar-refractivity contribution >= 4 is 11.9 Å². The van der Waals surface area contributed by atoms with Gasteiger partial charge in [-0.25, -0.2) is 9.48 Å². The van der Waals surface area contributed by atoms with Crippen LogP contribution in [0, 0.1) is 0 Å². The summed E-state index contributed by atoms with van der Waals surface area (Å²) in [5.74, 6) is -2.05. The molecule has 0 saturated heterocycles. The highest BCUT2D eigenvalue weighted by atomic mass is 16.4. The van der Waals surface area contributed by atoms with E-state index in [1.165, 1.54) is 0 Å². The Labute approximate surface area is 106 Å². The molecule has 1 amide bonds. The van der Waals surface area contributed by atoms with Gasteiger partial charge in [-0.3, -0.25) is 19.5 Å². The maximum Gasteiger partial charge on any atom is 0.326 e. The molecule has 0 spiro atoms. The zero-order valence-corrected chi connectivity index (χ0v) is 9.83. The van der Waals surface area contributed by atoms with Gasteiger partial charge in [-0.1, -0.05) is 0 Å². The number of aliphatic hydroxyl groups is 1. The van der Waals surface area contributed by atoms with E-state index in [9.17, 15) is 19.2 Å². The number of aliphatic hydroxyl groups excluding tert-OH is 1. The van der Waals surface area contributed by atoms with Crippen molar-refractivity contribution in [3.63, 3.8) is 0 Å². The summed E-state index contributed by atoms with van der Waals surface area (Å²) in [6, 6.07) is 0.764. The molecule has 0 fully saturated rings. The first-order valence-electron chi connectivity index (χ1n) is 5.37. The van der Waals surface area contributed by atoms with Crippen LogP contribution in [-0.2, 0) is 16.1 Å². The lowest BCUT2D eigenvalue weighted by Crippen LogP contribution is -2.44. The average Bonchev–Trinajstić information content (AvgIpc) is 2.33. The molecular formula is C10H13N3O6. The molecule has 9 heteroatoms. The van der Waals surface area contributed by atoms with E-state index in [0.717, 1.165) is 16.8 Å². The number of H-pyrrole nitrogens is 1. The second-order valence-corrected chi connectivity index (χ2v) is 3.70. The maximum absolute atomic E-state index is 11.5. The highest BCUT2D eigenvalue weighted by molar-refractivity contribution is 5.83. The van der Waals surface area contributed by atoms with Gasteiger partial charge in [-0.2, -0.15) is 0 Å². The zero-order valence-electron chi connectivity index (χ0n) is 9.83. The lowest BCUT2D eigenvalue weighted by molar-refractivity contribution is -0.142. The van der Waals surface area contributed by atoms with Crippen LogP contribution in [0.25, 0.3) is 0 Å². The van der Waals surface area contributed by atoms with Crippen molar-refractivity contribution in [3.05, 3.63) is 32.8 Å². The molecule has 1 aromatic heterocycles. The standard InChI is InChI=1S/C10H13N3O6/c14-4-3-6(10(18)19)11-8(16)5-13-9(17)2-1-7(15)12-13/h1-2,6,14H,3-5H2,(H,11,16)(H,12,15)(H,18,19). The molecule has 1 atom stereocenters. The van der Waals surface area contributed by atoms with Crippen molar-refractivity contribution in [2.24, 2.45) is 0 Å². The number of hydrogen-bond acceptors (Lipinski definition) is 5. The molecule has 0 aromatic carbocycles. The van der Waals surface area contributed by atoms with Crippen molar-refractivity contribution in [2.75, 3.05) is 6.61 Å². The number of nitrogens with one attached hydrogen (secondary N) is 2. The van der Waals surface area contributed by atoms with Crippen molar-refractivity contribution in [2.45, 2.75) is 19.0 Å². The van der Waals surface area contributed by atoms with Gasteiger partial charge in [0.25, 0.3) is 11.1 Å². The first-order valence-corrected chi connectivity index (χ1v) is 5.37. The molecule has 1 rings (SSSR count). The highest BCUT2D eigenvalue weighted by Gasteiger charge is 2.19. The van der Waals surface area contributed by atoms with E-state index < -0.39 is 42.2 Å². The first kappa shape index (κ1) is 14.6. The van der Waals surface area contributed by atoms with Crippen LogP contribution in [0.15, 0.2) is 21.7 Å². The molecule has 9 nitrogen and oxygen atoms in total. The summed E-state index contributed by atoms with van der Waals surface area (Å²) in [5.41, 5.74) is -1.15. The minimum atomic E-state index is -1.30. The van der Waals surface area contributed by atoms with Crippen LogP contribution in [0.5, 0.6) is 0 Å². The van der Waals surface area contributed by atoms with Gasteiger partial charge in [0.2, 0.25) is 5.91 Å². The van der Waals surface area contributed by atoms with E-state index in [4.69, 9.17) is 10.2 Å². The summed E-state index contributed by atoms with van der Waals surface area (Å²) in [7, 11) is 0. The fraction of sp³-hybridized carbons (Fsp3) is 0.400. The fourth-order valence-electron chi connectivity index (χ4n) is 1.35. The molecule has 0 aliphatic rings. The Morgan fingerprint density at radius 2 is 2.05 bits per heavy atom. The molecule has 1 aromatic rings. The summed E-state index contributed by atoms with van der Waals surface area (Å²) >= 11 is 0. The Morgan fingerprint density at radius 1 is 1.37 bits per heavy atom. The van der Waals surface area contributed by atoms with Gasteiger partial charge in [0.1, 0.15) is 12.6 Å². The normalized spacial score (nSPS) is 11.8. The predicted octanol–water partition coefficient (Wildman–Crippen LogP) is -2.51. The number of carbonyl (C=O) groups is 2. The van der Waals surface area contributed by atoms with E-state index in [0.29, 0.717) is 0 Å². The van der Waals surface area contributed by atoms with E-state index in [1.807, 2.05) is 0 Å². The van der Waals surface area contributed by atoms with Gasteiger partial charge < -0.3 is 15.5 Å². The van der Waals surface area contributed by atoms with Gasteiger partial charge in [-0.05, 0) is 0 Å². The van der Waals surface area contributed by atoms with Crippen LogP contribution < -0.4 is 16.4 Å². The molecule has 0 radical (unpaired) electrons. The number of amides is 1. The second kappa shape index (κ2) is 6.50. The third kappa shape index (κ3) is 4.39. The molecule has 19 heavy (non-hydrogen) atoms. The van der Waals surface area contributed by atoms with Crippen LogP contribution in [0.4, 0.5) is 0 Å². The molecule has 1 unspecified atom stereocenters. The Bertz CT molecular complexity index is 575. The lowest BCUT2D eigenvalue weighted by Gasteiger charge is -2.13. The molecule has 0 aliphatic carbocycles. The maximum atomic E-state index is 11.5. The minimum absolute atomic E-state index is 0.152. The van der Waals surface area contributed by atoms with Crippen molar-refractivity contribution in [1.29, 1.82) is 0 Å². The van der Waals surface area contributed by atoms with Crippen LogP contribution in [0.2, 0.25) is 0 Å². The lowest BCUT2D eigenvalue weighted by atomic mass is 10.2. The Morgan fingerprint density at radius 3 is 2.63 bits per heavy atom. The van der Waals surface area contributed by atoms with Gasteiger partial charge in [0, 0.05) is 25.2 Å². The van der Waals surface area contributed by atoms with E-state index in [2.05, 4.69) is 10.4 Å². The molecule has 0 saturated carbocycles. The van der Waals surface area contributed by atoms with Crippen molar-refractivity contribution < 1.29 is 19.8 Å². The van der Waals surface area contributed by atoms with Gasteiger partial charge in [0.05, 0.1) is 0 Å². The number of aromatic amines is 1. The number of carboxylic acids is 1. The third-order valence-corrected chi connectivity index (χ3v) is 2.24. The minimum Gasteiger partial charge on any atom is -0.480 e. The first-order chi connectivity index (χ1) is 8.93. The van der Waals surface area contributed by atoms with Gasteiger partial charge >= 0.3 is 5.97 Å². The van der Waals surface area contributed by atoms with Crippen LogP contribution in [0.1, 0.15) is 6.42 Å². The third-order valence-electron chi connectivity index (χ3n) is 2.24. The van der Waals surface area contributed by atoms with Gasteiger partial charge in [0.15, 0.2) is 0 Å².